The number of aromatic nitrogens is 1. The second kappa shape index (κ2) is 7.25. The van der Waals surface area contributed by atoms with Crippen LogP contribution in [0.4, 0.5) is 0 Å². The molecule has 0 saturated carbocycles. The average Bonchev–Trinajstić information content (AvgIpc) is 2.44. The minimum absolute atomic E-state index is 0.0696. The van der Waals surface area contributed by atoms with Crippen molar-refractivity contribution >= 4 is 12.6 Å². The fraction of sp³-hybridized carbons (Fsp3) is 0.667. The van der Waals surface area contributed by atoms with Gasteiger partial charge >= 0.3 is 7.12 Å². The van der Waals surface area contributed by atoms with Gasteiger partial charge in [-0.05, 0) is 19.9 Å². The van der Waals surface area contributed by atoms with E-state index in [4.69, 9.17) is 18.8 Å². The van der Waals surface area contributed by atoms with Gasteiger partial charge < -0.3 is 18.8 Å². The van der Waals surface area contributed by atoms with Gasteiger partial charge in [0, 0.05) is 36.4 Å². The zero-order valence-electron chi connectivity index (χ0n) is 13.3. The van der Waals surface area contributed by atoms with E-state index in [1.165, 1.54) is 0 Å². The van der Waals surface area contributed by atoms with Gasteiger partial charge in [-0.2, -0.15) is 0 Å². The van der Waals surface area contributed by atoms with Crippen molar-refractivity contribution in [2.45, 2.75) is 27.7 Å². The number of pyridine rings is 1. The first kappa shape index (κ1) is 16.3. The van der Waals surface area contributed by atoms with Gasteiger partial charge in [0.05, 0.1) is 6.61 Å². The Morgan fingerprint density at radius 3 is 2.57 bits per heavy atom. The van der Waals surface area contributed by atoms with Gasteiger partial charge in [0.1, 0.15) is 6.61 Å². The summed E-state index contributed by atoms with van der Waals surface area (Å²) in [5, 5.41) is 0. The largest absolute Gasteiger partial charge is 0.495 e. The van der Waals surface area contributed by atoms with Crippen LogP contribution in [0, 0.1) is 12.3 Å². The van der Waals surface area contributed by atoms with Crippen molar-refractivity contribution in [2.75, 3.05) is 33.0 Å². The molecule has 1 aromatic rings. The standard InChI is InChI=1S/C15H24BNO4/c1-5-18-8-9-19-14-7-6-13(12(2)17-14)16-20-10-15(3,4)11-21-16/h6-7H,5,8-11H2,1-4H3. The summed E-state index contributed by atoms with van der Waals surface area (Å²) in [6.45, 7) is 11.3. The van der Waals surface area contributed by atoms with Gasteiger partial charge in [-0.3, -0.25) is 0 Å². The minimum atomic E-state index is -0.331. The summed E-state index contributed by atoms with van der Waals surface area (Å²) in [7, 11) is -0.331. The van der Waals surface area contributed by atoms with Gasteiger partial charge in [0.2, 0.25) is 5.88 Å². The topological polar surface area (TPSA) is 49.8 Å². The maximum Gasteiger partial charge on any atom is 0.495 e. The first-order chi connectivity index (χ1) is 10.0. The predicted octanol–water partition coefficient (Wildman–Crippen LogP) is 1.57. The number of ether oxygens (including phenoxy) is 2. The lowest BCUT2D eigenvalue weighted by Gasteiger charge is -2.33. The van der Waals surface area contributed by atoms with E-state index >= 15 is 0 Å². The Bertz CT molecular complexity index is 457. The highest BCUT2D eigenvalue weighted by Crippen LogP contribution is 2.21. The molecular weight excluding hydrogens is 269 g/mol. The lowest BCUT2D eigenvalue weighted by atomic mass is 9.75. The van der Waals surface area contributed by atoms with Crippen LogP contribution in [-0.2, 0) is 14.0 Å². The number of nitrogens with zero attached hydrogens (tertiary/aromatic N) is 1. The van der Waals surface area contributed by atoms with E-state index in [1.54, 1.807) is 0 Å². The van der Waals surface area contributed by atoms with Crippen LogP contribution in [-0.4, -0.2) is 45.1 Å². The molecule has 21 heavy (non-hydrogen) atoms. The van der Waals surface area contributed by atoms with Crippen LogP contribution in [0.2, 0.25) is 0 Å². The van der Waals surface area contributed by atoms with Crippen LogP contribution in [0.3, 0.4) is 0 Å². The van der Waals surface area contributed by atoms with E-state index in [-0.39, 0.29) is 12.5 Å². The molecule has 0 amide bonds. The maximum atomic E-state index is 5.79. The summed E-state index contributed by atoms with van der Waals surface area (Å²) in [5.41, 5.74) is 1.90. The van der Waals surface area contributed by atoms with Crippen LogP contribution in [0.1, 0.15) is 26.5 Å². The molecule has 0 aliphatic carbocycles. The summed E-state index contributed by atoms with van der Waals surface area (Å²) in [6, 6.07) is 3.81. The van der Waals surface area contributed by atoms with Gasteiger partial charge in [-0.1, -0.05) is 19.9 Å². The fourth-order valence-corrected chi connectivity index (χ4v) is 2.10. The molecule has 0 radical (unpaired) electrons. The molecule has 0 bridgehead atoms. The molecule has 0 aromatic carbocycles. The smallest absolute Gasteiger partial charge is 0.475 e. The predicted molar refractivity (Wildman–Crippen MR) is 82.0 cm³/mol. The number of hydrogen-bond donors (Lipinski definition) is 0. The summed E-state index contributed by atoms with van der Waals surface area (Å²) >= 11 is 0. The van der Waals surface area contributed by atoms with Gasteiger partial charge in [0.25, 0.3) is 0 Å². The molecule has 0 N–H and O–H groups in total. The van der Waals surface area contributed by atoms with Crippen molar-refractivity contribution in [3.63, 3.8) is 0 Å². The molecule has 0 atom stereocenters. The van der Waals surface area contributed by atoms with Crippen LogP contribution in [0.25, 0.3) is 0 Å². The van der Waals surface area contributed by atoms with E-state index < -0.39 is 0 Å². The third-order valence-electron chi connectivity index (χ3n) is 3.29. The molecule has 1 aliphatic rings. The molecular formula is C15H24BNO4. The Morgan fingerprint density at radius 2 is 1.95 bits per heavy atom. The summed E-state index contributed by atoms with van der Waals surface area (Å²) < 4.78 is 22.4. The number of aryl methyl sites for hydroxylation is 1. The van der Waals surface area contributed by atoms with E-state index in [2.05, 4.69) is 18.8 Å². The molecule has 1 fully saturated rings. The average molecular weight is 293 g/mol. The molecule has 1 saturated heterocycles. The first-order valence-electron chi connectivity index (χ1n) is 7.43. The Kier molecular flexibility index (Phi) is 5.61. The van der Waals surface area contributed by atoms with E-state index in [1.807, 2.05) is 26.0 Å². The van der Waals surface area contributed by atoms with Gasteiger partial charge in [-0.15, -0.1) is 0 Å². The van der Waals surface area contributed by atoms with Crippen molar-refractivity contribution < 1.29 is 18.8 Å². The molecule has 0 spiro atoms. The second-order valence-electron chi connectivity index (χ2n) is 5.99. The van der Waals surface area contributed by atoms with Crippen molar-refractivity contribution in [1.82, 2.24) is 4.98 Å². The quantitative estimate of drug-likeness (QED) is 0.588. The van der Waals surface area contributed by atoms with Crippen molar-refractivity contribution in [2.24, 2.45) is 5.41 Å². The molecule has 2 rings (SSSR count). The van der Waals surface area contributed by atoms with Crippen molar-refractivity contribution in [3.05, 3.63) is 17.8 Å². The van der Waals surface area contributed by atoms with Crippen LogP contribution in [0.15, 0.2) is 12.1 Å². The third kappa shape index (κ3) is 4.69. The molecule has 6 heteroatoms. The minimum Gasteiger partial charge on any atom is -0.475 e. The van der Waals surface area contributed by atoms with Crippen LogP contribution in [0.5, 0.6) is 5.88 Å². The van der Waals surface area contributed by atoms with Crippen molar-refractivity contribution in [1.29, 1.82) is 0 Å². The zero-order chi connectivity index (χ0) is 15.3. The van der Waals surface area contributed by atoms with E-state index in [9.17, 15) is 0 Å². The SMILES string of the molecule is CCOCCOc1ccc(B2OCC(C)(C)CO2)c(C)n1. The highest BCUT2D eigenvalue weighted by Gasteiger charge is 2.34. The molecule has 116 valence electrons. The fourth-order valence-electron chi connectivity index (χ4n) is 2.10. The monoisotopic (exact) mass is 293 g/mol. The van der Waals surface area contributed by atoms with E-state index in [0.717, 1.165) is 11.2 Å². The Morgan fingerprint density at radius 1 is 1.24 bits per heavy atom. The zero-order valence-corrected chi connectivity index (χ0v) is 13.3. The number of hydrogen-bond acceptors (Lipinski definition) is 5. The summed E-state index contributed by atoms with van der Waals surface area (Å²) in [6.07, 6.45) is 0. The Labute approximate surface area is 127 Å². The van der Waals surface area contributed by atoms with Crippen molar-refractivity contribution in [3.8, 4) is 5.88 Å². The molecule has 1 aromatic heterocycles. The normalized spacial score (nSPS) is 17.8. The number of rotatable bonds is 6. The molecule has 0 unspecified atom stereocenters. The third-order valence-corrected chi connectivity index (χ3v) is 3.29. The highest BCUT2D eigenvalue weighted by molar-refractivity contribution is 6.61. The van der Waals surface area contributed by atoms with Gasteiger partial charge in [0.15, 0.2) is 0 Å². The van der Waals surface area contributed by atoms with Crippen LogP contribution < -0.4 is 10.2 Å². The maximum absolute atomic E-state index is 5.79. The lowest BCUT2D eigenvalue weighted by Crippen LogP contribution is -2.48. The highest BCUT2D eigenvalue weighted by atomic mass is 16.6. The first-order valence-corrected chi connectivity index (χ1v) is 7.43. The summed E-state index contributed by atoms with van der Waals surface area (Å²) in [5.74, 6) is 0.604. The second-order valence-corrected chi connectivity index (χ2v) is 5.99. The molecule has 2 heterocycles. The lowest BCUT2D eigenvalue weighted by molar-refractivity contribution is 0.0342. The molecule has 5 nitrogen and oxygen atoms in total. The Balaban J connectivity index is 1.93. The van der Waals surface area contributed by atoms with Crippen LogP contribution >= 0.6 is 0 Å². The Hall–Kier alpha value is -1.11. The summed E-state index contributed by atoms with van der Waals surface area (Å²) in [4.78, 5) is 4.44. The van der Waals surface area contributed by atoms with Gasteiger partial charge in [-0.25, -0.2) is 4.98 Å². The molecule has 1 aliphatic heterocycles. The van der Waals surface area contributed by atoms with E-state index in [0.29, 0.717) is 38.9 Å².